The van der Waals surface area contributed by atoms with Gasteiger partial charge in [0.2, 0.25) is 5.91 Å². The number of dihydropyridines is 1. The molecule has 1 aliphatic rings. The zero-order chi connectivity index (χ0) is 26.4. The van der Waals surface area contributed by atoms with Gasteiger partial charge in [0.25, 0.3) is 5.91 Å². The van der Waals surface area contributed by atoms with Crippen LogP contribution in [0.3, 0.4) is 0 Å². The number of thioether (sulfide) groups is 1. The Balaban J connectivity index is 1.56. The topological polar surface area (TPSA) is 94.0 Å². The zero-order valence-electron chi connectivity index (χ0n) is 20.9. The number of nitriles is 1. The number of hydrogen-bond donors (Lipinski definition) is 3. The van der Waals surface area contributed by atoms with Gasteiger partial charge in [0.1, 0.15) is 0 Å². The van der Waals surface area contributed by atoms with Gasteiger partial charge in [-0.15, -0.1) is 11.3 Å². The van der Waals surface area contributed by atoms with Crippen LogP contribution in [-0.4, -0.2) is 17.6 Å². The Morgan fingerprint density at radius 1 is 1.05 bits per heavy atom. The lowest BCUT2D eigenvalue weighted by Crippen LogP contribution is -2.31. The lowest BCUT2D eigenvalue weighted by atomic mass is 9.86. The van der Waals surface area contributed by atoms with Gasteiger partial charge in [-0.05, 0) is 61.0 Å². The molecule has 1 aromatic heterocycles. The maximum absolute atomic E-state index is 13.5. The minimum atomic E-state index is -0.526. The first kappa shape index (κ1) is 26.3. The molecular formula is C29H28N4O2S2. The zero-order valence-corrected chi connectivity index (χ0v) is 22.6. The molecule has 2 aromatic carbocycles. The number of amides is 2. The molecule has 6 nitrogen and oxygen atoms in total. The minimum Gasteiger partial charge on any atom is -0.353 e. The van der Waals surface area contributed by atoms with Crippen molar-refractivity contribution in [2.45, 2.75) is 33.1 Å². The molecule has 8 heteroatoms. The van der Waals surface area contributed by atoms with Gasteiger partial charge in [0.05, 0.1) is 28.3 Å². The molecule has 0 radical (unpaired) electrons. The third-order valence-electron chi connectivity index (χ3n) is 6.11. The van der Waals surface area contributed by atoms with Crippen LogP contribution in [0.2, 0.25) is 0 Å². The SMILES string of the molecule is CCc1ccc(NC(=O)CSC2=C(C#N)C(c3cccs3)C(C(=O)Nc3ccccc3C)=C(C)N2)cc1. The van der Waals surface area contributed by atoms with Crippen molar-refractivity contribution in [3.8, 4) is 6.07 Å². The second-order valence-corrected chi connectivity index (χ2v) is 10.6. The van der Waals surface area contributed by atoms with Gasteiger partial charge in [-0.3, -0.25) is 9.59 Å². The maximum Gasteiger partial charge on any atom is 0.254 e. The van der Waals surface area contributed by atoms with Crippen LogP contribution in [0.4, 0.5) is 11.4 Å². The summed E-state index contributed by atoms with van der Waals surface area (Å²) in [6, 6.07) is 21.5. The molecule has 188 valence electrons. The number of carbonyl (C=O) groups is 2. The number of carbonyl (C=O) groups excluding carboxylic acids is 2. The average molecular weight is 529 g/mol. The van der Waals surface area contributed by atoms with Crippen LogP contribution in [0.25, 0.3) is 0 Å². The number of allylic oxidation sites excluding steroid dienone is 2. The van der Waals surface area contributed by atoms with Crippen molar-refractivity contribution in [2.24, 2.45) is 0 Å². The first-order chi connectivity index (χ1) is 17.9. The van der Waals surface area contributed by atoms with E-state index in [4.69, 9.17) is 0 Å². The molecular weight excluding hydrogens is 500 g/mol. The number of nitrogens with one attached hydrogen (secondary N) is 3. The molecule has 0 aliphatic carbocycles. The monoisotopic (exact) mass is 528 g/mol. The molecule has 0 saturated heterocycles. The Labute approximate surface area is 225 Å². The van der Waals surface area contributed by atoms with Crippen molar-refractivity contribution in [1.82, 2.24) is 5.32 Å². The standard InChI is InChI=1S/C29H28N4O2S2/c1-4-20-11-13-21(14-12-20)32-25(34)17-37-29-22(16-30)27(24-10-7-15-36-24)26(19(3)31-29)28(35)33-23-9-6-5-8-18(23)2/h5-15,27,31H,4,17H2,1-3H3,(H,32,34)(H,33,35). The maximum atomic E-state index is 13.5. The Morgan fingerprint density at radius 3 is 2.46 bits per heavy atom. The number of benzene rings is 2. The van der Waals surface area contributed by atoms with E-state index >= 15 is 0 Å². The highest BCUT2D eigenvalue weighted by Gasteiger charge is 2.35. The van der Waals surface area contributed by atoms with Crippen LogP contribution < -0.4 is 16.0 Å². The third-order valence-corrected chi connectivity index (χ3v) is 8.06. The molecule has 0 saturated carbocycles. The van der Waals surface area contributed by atoms with Crippen LogP contribution in [0.5, 0.6) is 0 Å². The molecule has 2 heterocycles. The first-order valence-electron chi connectivity index (χ1n) is 11.9. The first-order valence-corrected chi connectivity index (χ1v) is 13.8. The quantitative estimate of drug-likeness (QED) is 0.318. The Hall–Kier alpha value is -3.80. The minimum absolute atomic E-state index is 0.123. The molecule has 1 aliphatic heterocycles. The van der Waals surface area contributed by atoms with Crippen LogP contribution in [0.15, 0.2) is 87.9 Å². The predicted molar refractivity (Wildman–Crippen MR) is 152 cm³/mol. The fourth-order valence-corrected chi connectivity index (χ4v) is 5.86. The molecule has 4 rings (SSSR count). The number of hydrogen-bond acceptors (Lipinski definition) is 6. The summed E-state index contributed by atoms with van der Waals surface area (Å²) < 4.78 is 0. The molecule has 0 fully saturated rings. The largest absolute Gasteiger partial charge is 0.353 e. The van der Waals surface area contributed by atoms with Crippen molar-refractivity contribution in [1.29, 1.82) is 5.26 Å². The fourth-order valence-electron chi connectivity index (χ4n) is 4.13. The summed E-state index contributed by atoms with van der Waals surface area (Å²) >= 11 is 2.76. The highest BCUT2D eigenvalue weighted by molar-refractivity contribution is 8.03. The summed E-state index contributed by atoms with van der Waals surface area (Å²) in [5.74, 6) is -0.832. The van der Waals surface area contributed by atoms with Crippen LogP contribution in [0, 0.1) is 18.3 Å². The smallest absolute Gasteiger partial charge is 0.254 e. The molecule has 0 spiro atoms. The number of rotatable bonds is 8. The average Bonchev–Trinajstić information content (AvgIpc) is 3.43. The lowest BCUT2D eigenvalue weighted by Gasteiger charge is -2.29. The molecule has 3 aromatic rings. The predicted octanol–water partition coefficient (Wildman–Crippen LogP) is 6.33. The van der Waals surface area contributed by atoms with Crippen LogP contribution in [-0.2, 0) is 16.0 Å². The number of nitrogens with zero attached hydrogens (tertiary/aromatic N) is 1. The van der Waals surface area contributed by atoms with E-state index in [-0.39, 0.29) is 17.6 Å². The summed E-state index contributed by atoms with van der Waals surface area (Å²) in [7, 11) is 0. The fraction of sp³-hybridized carbons (Fsp3) is 0.207. The highest BCUT2D eigenvalue weighted by atomic mass is 32.2. The van der Waals surface area contributed by atoms with Gasteiger partial charge >= 0.3 is 0 Å². The van der Waals surface area contributed by atoms with Crippen molar-refractivity contribution < 1.29 is 9.59 Å². The number of thiophene rings is 1. The van der Waals surface area contributed by atoms with Crippen LogP contribution >= 0.6 is 23.1 Å². The van der Waals surface area contributed by atoms with Gasteiger partial charge in [-0.25, -0.2) is 0 Å². The van der Waals surface area contributed by atoms with Crippen molar-refractivity contribution in [3.63, 3.8) is 0 Å². The van der Waals surface area contributed by atoms with Crippen molar-refractivity contribution >= 4 is 46.3 Å². The highest BCUT2D eigenvalue weighted by Crippen LogP contribution is 2.42. The van der Waals surface area contributed by atoms with E-state index in [1.165, 1.54) is 28.7 Å². The normalized spacial score (nSPS) is 15.1. The van der Waals surface area contributed by atoms with Crippen molar-refractivity contribution in [3.05, 3.63) is 104 Å². The molecule has 1 unspecified atom stereocenters. The summed E-state index contributed by atoms with van der Waals surface area (Å²) in [6.07, 6.45) is 0.935. The second kappa shape index (κ2) is 12.0. The molecule has 0 bridgehead atoms. The Morgan fingerprint density at radius 2 is 1.81 bits per heavy atom. The van der Waals surface area contributed by atoms with Gasteiger partial charge in [0, 0.05) is 27.5 Å². The second-order valence-electron chi connectivity index (χ2n) is 8.62. The van der Waals surface area contributed by atoms with E-state index in [9.17, 15) is 14.9 Å². The van der Waals surface area contributed by atoms with E-state index < -0.39 is 5.92 Å². The lowest BCUT2D eigenvalue weighted by molar-refractivity contribution is -0.114. The van der Waals surface area contributed by atoms with E-state index in [0.29, 0.717) is 21.9 Å². The summed E-state index contributed by atoms with van der Waals surface area (Å²) in [6.45, 7) is 5.85. The number of para-hydroxylation sites is 1. The van der Waals surface area contributed by atoms with Crippen molar-refractivity contribution in [2.75, 3.05) is 16.4 Å². The Kier molecular flexibility index (Phi) is 8.49. The van der Waals surface area contributed by atoms with E-state index in [2.05, 4.69) is 28.9 Å². The molecule has 2 amide bonds. The molecule has 1 atom stereocenters. The Bertz CT molecular complexity index is 1400. The van der Waals surface area contributed by atoms with E-state index in [0.717, 1.165) is 28.2 Å². The number of aryl methyl sites for hydroxylation is 2. The van der Waals surface area contributed by atoms with Crippen LogP contribution in [0.1, 0.15) is 35.8 Å². The van der Waals surface area contributed by atoms with E-state index in [1.54, 1.807) is 0 Å². The number of anilines is 2. The van der Waals surface area contributed by atoms with E-state index in [1.807, 2.05) is 79.9 Å². The molecule has 37 heavy (non-hydrogen) atoms. The summed E-state index contributed by atoms with van der Waals surface area (Å²) in [5.41, 5.74) is 5.18. The summed E-state index contributed by atoms with van der Waals surface area (Å²) in [4.78, 5) is 27.1. The molecule has 3 N–H and O–H groups in total. The van der Waals surface area contributed by atoms with Gasteiger partial charge in [-0.1, -0.05) is 55.1 Å². The summed E-state index contributed by atoms with van der Waals surface area (Å²) in [5, 5.41) is 21.9. The van der Waals surface area contributed by atoms with Gasteiger partial charge < -0.3 is 16.0 Å². The van der Waals surface area contributed by atoms with Gasteiger partial charge in [-0.2, -0.15) is 5.26 Å². The van der Waals surface area contributed by atoms with Gasteiger partial charge in [0.15, 0.2) is 0 Å². The third kappa shape index (κ3) is 6.13.